The third kappa shape index (κ3) is 2.95. The molecule has 0 atom stereocenters. The maximum Gasteiger partial charge on any atom is 0.435 e. The van der Waals surface area contributed by atoms with E-state index in [4.69, 9.17) is 0 Å². The minimum absolute atomic E-state index is 0.249. The van der Waals surface area contributed by atoms with Crippen molar-refractivity contribution in [3.8, 4) is 0 Å². The van der Waals surface area contributed by atoms with Crippen molar-refractivity contribution in [1.82, 2.24) is 15.1 Å². The summed E-state index contributed by atoms with van der Waals surface area (Å²) in [5, 5.41) is 6.33. The summed E-state index contributed by atoms with van der Waals surface area (Å²) < 4.78 is 38.9. The van der Waals surface area contributed by atoms with E-state index >= 15 is 0 Å². The van der Waals surface area contributed by atoms with Gasteiger partial charge in [0.05, 0.1) is 0 Å². The van der Waals surface area contributed by atoms with Crippen molar-refractivity contribution in [1.29, 1.82) is 0 Å². The van der Waals surface area contributed by atoms with E-state index in [2.05, 4.69) is 10.4 Å². The van der Waals surface area contributed by atoms with E-state index in [1.165, 1.54) is 10.9 Å². The lowest BCUT2D eigenvalue weighted by Gasteiger charge is -2.05. The Hall–Kier alpha value is -1.04. The zero-order valence-corrected chi connectivity index (χ0v) is 8.73. The Morgan fingerprint density at radius 2 is 2.13 bits per heavy atom. The summed E-state index contributed by atoms with van der Waals surface area (Å²) in [5.41, 5.74) is -0.515. The molecule has 3 nitrogen and oxygen atoms in total. The number of hydrogen-bond donors (Lipinski definition) is 1. The zero-order valence-electron chi connectivity index (χ0n) is 8.73. The molecule has 0 unspecified atom stereocenters. The number of nitrogens with one attached hydrogen (secondary N) is 1. The molecule has 1 rings (SSSR count). The molecule has 1 aromatic rings. The SMILES string of the molecule is CCn1cc(CCNC)c(C(F)(F)F)n1. The van der Waals surface area contributed by atoms with Crippen molar-refractivity contribution < 1.29 is 13.2 Å². The van der Waals surface area contributed by atoms with Crippen molar-refractivity contribution >= 4 is 0 Å². The van der Waals surface area contributed by atoms with Crippen LogP contribution in [0.4, 0.5) is 13.2 Å². The van der Waals surface area contributed by atoms with Gasteiger partial charge in [0.2, 0.25) is 0 Å². The Kier molecular flexibility index (Phi) is 3.73. The van der Waals surface area contributed by atoms with Crippen molar-refractivity contribution in [2.45, 2.75) is 26.1 Å². The quantitative estimate of drug-likeness (QED) is 0.838. The fourth-order valence-corrected chi connectivity index (χ4v) is 1.31. The van der Waals surface area contributed by atoms with Gasteiger partial charge in [-0.25, -0.2) is 0 Å². The molecule has 0 radical (unpaired) electrons. The Balaban J connectivity index is 2.95. The summed E-state index contributed by atoms with van der Waals surface area (Å²) in [6, 6.07) is 0. The predicted molar refractivity (Wildman–Crippen MR) is 50.5 cm³/mol. The van der Waals surface area contributed by atoms with Gasteiger partial charge in [-0.1, -0.05) is 0 Å². The fraction of sp³-hybridized carbons (Fsp3) is 0.667. The number of hydrogen-bond acceptors (Lipinski definition) is 2. The van der Waals surface area contributed by atoms with E-state index in [1.807, 2.05) is 0 Å². The lowest BCUT2D eigenvalue weighted by atomic mass is 10.2. The summed E-state index contributed by atoms with van der Waals surface area (Å²) in [6.45, 7) is 2.72. The molecule has 0 amide bonds. The summed E-state index contributed by atoms with van der Waals surface area (Å²) >= 11 is 0. The van der Waals surface area contributed by atoms with Crippen LogP contribution in [-0.4, -0.2) is 23.4 Å². The number of alkyl halides is 3. The summed E-state index contributed by atoms with van der Waals surface area (Å²) in [5.74, 6) is 0. The molecule has 6 heteroatoms. The van der Waals surface area contributed by atoms with Crippen LogP contribution in [0.3, 0.4) is 0 Å². The number of likely N-dealkylation sites (N-methyl/N-ethyl adjacent to an activating group) is 1. The van der Waals surface area contributed by atoms with Crippen molar-refractivity contribution in [2.24, 2.45) is 0 Å². The van der Waals surface area contributed by atoms with Gasteiger partial charge in [-0.05, 0) is 26.9 Å². The molecule has 1 N–H and O–H groups in total. The van der Waals surface area contributed by atoms with Crippen LogP contribution in [0.5, 0.6) is 0 Å². The third-order valence-corrected chi connectivity index (χ3v) is 2.07. The minimum atomic E-state index is -4.36. The molecule has 1 aromatic heterocycles. The second-order valence-electron chi connectivity index (χ2n) is 3.21. The molecule has 15 heavy (non-hydrogen) atoms. The van der Waals surface area contributed by atoms with Crippen LogP contribution in [0.2, 0.25) is 0 Å². The molecular weight excluding hydrogens is 207 g/mol. The van der Waals surface area contributed by atoms with Crippen LogP contribution in [0, 0.1) is 0 Å². The first-order valence-electron chi connectivity index (χ1n) is 4.77. The summed E-state index contributed by atoms with van der Waals surface area (Å²) in [4.78, 5) is 0. The molecule has 0 aliphatic carbocycles. The van der Waals surface area contributed by atoms with Crippen LogP contribution in [0.15, 0.2) is 6.20 Å². The van der Waals surface area contributed by atoms with Crippen LogP contribution in [0.1, 0.15) is 18.2 Å². The monoisotopic (exact) mass is 221 g/mol. The van der Waals surface area contributed by atoms with E-state index in [9.17, 15) is 13.2 Å². The van der Waals surface area contributed by atoms with E-state index < -0.39 is 11.9 Å². The average molecular weight is 221 g/mol. The third-order valence-electron chi connectivity index (χ3n) is 2.07. The van der Waals surface area contributed by atoms with Gasteiger partial charge in [-0.15, -0.1) is 0 Å². The van der Waals surface area contributed by atoms with E-state index in [0.717, 1.165) is 0 Å². The lowest BCUT2D eigenvalue weighted by molar-refractivity contribution is -0.142. The lowest BCUT2D eigenvalue weighted by Crippen LogP contribution is -2.14. The average Bonchev–Trinajstić information content (AvgIpc) is 2.57. The van der Waals surface area contributed by atoms with Crippen LogP contribution in [0.25, 0.3) is 0 Å². The molecule has 86 valence electrons. The molecular formula is C9H14F3N3. The van der Waals surface area contributed by atoms with Gasteiger partial charge in [0, 0.05) is 18.3 Å². The number of aromatic nitrogens is 2. The molecule has 0 aromatic carbocycles. The highest BCUT2D eigenvalue weighted by Crippen LogP contribution is 2.30. The zero-order chi connectivity index (χ0) is 11.5. The van der Waals surface area contributed by atoms with Gasteiger partial charge in [0.1, 0.15) is 0 Å². The largest absolute Gasteiger partial charge is 0.435 e. The van der Waals surface area contributed by atoms with Crippen LogP contribution >= 0.6 is 0 Å². The molecule has 0 spiro atoms. The van der Waals surface area contributed by atoms with E-state index in [1.54, 1.807) is 14.0 Å². The summed E-state index contributed by atoms with van der Waals surface area (Å²) in [7, 11) is 1.71. The van der Waals surface area contributed by atoms with Crippen molar-refractivity contribution in [3.05, 3.63) is 17.5 Å². The normalized spacial score (nSPS) is 12.1. The van der Waals surface area contributed by atoms with Gasteiger partial charge in [0.15, 0.2) is 5.69 Å². The second-order valence-corrected chi connectivity index (χ2v) is 3.21. The Morgan fingerprint density at radius 3 is 2.60 bits per heavy atom. The van der Waals surface area contributed by atoms with Gasteiger partial charge in [-0.2, -0.15) is 18.3 Å². The van der Waals surface area contributed by atoms with E-state index in [0.29, 0.717) is 19.5 Å². The molecule has 0 aliphatic heterocycles. The van der Waals surface area contributed by atoms with Gasteiger partial charge >= 0.3 is 6.18 Å². The highest BCUT2D eigenvalue weighted by Gasteiger charge is 2.36. The smallest absolute Gasteiger partial charge is 0.319 e. The van der Waals surface area contributed by atoms with Gasteiger partial charge < -0.3 is 5.32 Å². The highest BCUT2D eigenvalue weighted by atomic mass is 19.4. The number of aryl methyl sites for hydroxylation is 1. The second kappa shape index (κ2) is 4.65. The molecule has 0 fully saturated rings. The maximum absolute atomic E-state index is 12.5. The Morgan fingerprint density at radius 1 is 1.47 bits per heavy atom. The van der Waals surface area contributed by atoms with E-state index in [-0.39, 0.29) is 5.56 Å². The number of nitrogens with zero attached hydrogens (tertiary/aromatic N) is 2. The molecule has 0 aliphatic rings. The highest BCUT2D eigenvalue weighted by molar-refractivity contribution is 5.20. The topological polar surface area (TPSA) is 29.9 Å². The van der Waals surface area contributed by atoms with Crippen LogP contribution in [-0.2, 0) is 19.1 Å². The molecule has 0 saturated carbocycles. The van der Waals surface area contributed by atoms with Crippen molar-refractivity contribution in [3.63, 3.8) is 0 Å². The Bertz CT molecular complexity index is 317. The summed E-state index contributed by atoms with van der Waals surface area (Å²) in [6.07, 6.45) is -2.56. The molecule has 0 saturated heterocycles. The molecule has 0 bridgehead atoms. The first-order valence-corrected chi connectivity index (χ1v) is 4.77. The predicted octanol–water partition coefficient (Wildman–Crippen LogP) is 1.68. The maximum atomic E-state index is 12.5. The first kappa shape index (κ1) is 12.0. The Labute approximate surface area is 86.3 Å². The van der Waals surface area contributed by atoms with Gasteiger partial charge in [-0.3, -0.25) is 4.68 Å². The standard InChI is InChI=1S/C9H14F3N3/c1-3-15-6-7(4-5-13-2)8(14-15)9(10,11)12/h6,13H,3-5H2,1-2H3. The minimum Gasteiger partial charge on any atom is -0.319 e. The van der Waals surface area contributed by atoms with Gasteiger partial charge in [0.25, 0.3) is 0 Å². The fourth-order valence-electron chi connectivity index (χ4n) is 1.31. The number of halogens is 3. The number of rotatable bonds is 4. The van der Waals surface area contributed by atoms with Crippen molar-refractivity contribution in [2.75, 3.05) is 13.6 Å². The molecule has 1 heterocycles. The first-order chi connectivity index (χ1) is 6.99. The van der Waals surface area contributed by atoms with Crippen LogP contribution < -0.4 is 5.32 Å².